The highest BCUT2D eigenvalue weighted by Gasteiger charge is 2.38. The fourth-order valence-electron chi connectivity index (χ4n) is 3.91. The highest BCUT2D eigenvalue weighted by atomic mass is 19.1. The highest BCUT2D eigenvalue weighted by Crippen LogP contribution is 2.31. The maximum Gasteiger partial charge on any atom is 0.409 e. The summed E-state index contributed by atoms with van der Waals surface area (Å²) in [4.78, 5) is 26.0. The molecule has 0 spiro atoms. The van der Waals surface area contributed by atoms with Gasteiger partial charge in [-0.15, -0.1) is 0 Å². The van der Waals surface area contributed by atoms with Crippen molar-refractivity contribution in [2.24, 2.45) is 17.1 Å². The number of carbonyl (C=O) groups excluding carboxylic acids is 2. The number of ether oxygens (including phenoxy) is 2. The molecule has 0 unspecified atom stereocenters. The minimum Gasteiger partial charge on any atom is -0.449 e. The number of benzene rings is 1. The fourth-order valence-corrected chi connectivity index (χ4v) is 3.91. The van der Waals surface area contributed by atoms with Crippen LogP contribution < -0.4 is 11.1 Å². The van der Waals surface area contributed by atoms with Gasteiger partial charge in [0.05, 0.1) is 31.2 Å². The lowest BCUT2D eigenvalue weighted by atomic mass is 9.90. The molecular weight excluding hydrogens is 431 g/mol. The number of anilines is 2. The van der Waals surface area contributed by atoms with Gasteiger partial charge in [0.15, 0.2) is 5.82 Å². The first-order valence-corrected chi connectivity index (χ1v) is 10.6. The van der Waals surface area contributed by atoms with E-state index in [4.69, 9.17) is 15.2 Å². The molecule has 0 saturated carbocycles. The molecule has 11 heteroatoms. The van der Waals surface area contributed by atoms with Crippen LogP contribution in [0.15, 0.2) is 30.5 Å². The van der Waals surface area contributed by atoms with Crippen molar-refractivity contribution in [2.45, 2.75) is 19.4 Å². The lowest BCUT2D eigenvalue weighted by Crippen LogP contribution is -2.48. The minimum absolute atomic E-state index is 0.147. The van der Waals surface area contributed by atoms with Crippen LogP contribution in [0, 0.1) is 28.5 Å². The Morgan fingerprint density at radius 2 is 2.12 bits per heavy atom. The molecule has 2 atom stereocenters. The molecule has 174 valence electrons. The second-order valence-corrected chi connectivity index (χ2v) is 8.76. The number of hydrogen-bond donors (Lipinski definition) is 2. The number of nitrogens with one attached hydrogen (secondary N) is 1. The SMILES string of the molecule is CC1(COC(=O)N2CC[C@@H](n3cc(C(N)=O)c(Nc4ccc(F)cc4)n3)[C@@H](C#N)C2)COC1. The molecule has 2 amide bonds. The number of carbonyl (C=O) groups is 2. The topological polar surface area (TPSA) is 136 Å². The van der Waals surface area contributed by atoms with Gasteiger partial charge in [0.25, 0.3) is 5.91 Å². The third kappa shape index (κ3) is 4.90. The average molecular weight is 456 g/mol. The van der Waals surface area contributed by atoms with Crippen LogP contribution >= 0.6 is 0 Å². The van der Waals surface area contributed by atoms with E-state index in [0.29, 0.717) is 31.9 Å². The summed E-state index contributed by atoms with van der Waals surface area (Å²) < 4.78 is 25.3. The number of hydrogen-bond acceptors (Lipinski definition) is 7. The van der Waals surface area contributed by atoms with Gasteiger partial charge in [0.1, 0.15) is 18.0 Å². The van der Waals surface area contributed by atoms with Crippen molar-refractivity contribution in [3.63, 3.8) is 0 Å². The maximum absolute atomic E-state index is 13.2. The van der Waals surface area contributed by atoms with Crippen molar-refractivity contribution in [2.75, 3.05) is 38.2 Å². The van der Waals surface area contributed by atoms with Crippen molar-refractivity contribution in [1.29, 1.82) is 5.26 Å². The van der Waals surface area contributed by atoms with Gasteiger partial charge in [-0.05, 0) is 30.7 Å². The predicted octanol–water partition coefficient (Wildman–Crippen LogP) is 2.42. The summed E-state index contributed by atoms with van der Waals surface area (Å²) in [5, 5.41) is 17.2. The van der Waals surface area contributed by atoms with Crippen molar-refractivity contribution in [3.05, 3.63) is 41.8 Å². The van der Waals surface area contributed by atoms with Crippen LogP contribution in [-0.4, -0.2) is 59.6 Å². The smallest absolute Gasteiger partial charge is 0.409 e. The Morgan fingerprint density at radius 3 is 2.73 bits per heavy atom. The van der Waals surface area contributed by atoms with Crippen molar-refractivity contribution >= 4 is 23.5 Å². The lowest BCUT2D eigenvalue weighted by molar-refractivity contribution is -0.128. The van der Waals surface area contributed by atoms with Gasteiger partial charge in [-0.3, -0.25) is 9.48 Å². The molecule has 2 fully saturated rings. The predicted molar refractivity (Wildman–Crippen MR) is 115 cm³/mol. The van der Waals surface area contributed by atoms with E-state index in [9.17, 15) is 19.2 Å². The fraction of sp³-hybridized carbons (Fsp3) is 0.455. The molecule has 4 rings (SSSR count). The third-order valence-corrected chi connectivity index (χ3v) is 5.89. The minimum atomic E-state index is -0.686. The molecule has 2 aromatic rings. The van der Waals surface area contributed by atoms with Gasteiger partial charge in [0, 0.05) is 30.4 Å². The zero-order valence-corrected chi connectivity index (χ0v) is 18.2. The van der Waals surface area contributed by atoms with Crippen LogP contribution in [0.5, 0.6) is 0 Å². The summed E-state index contributed by atoms with van der Waals surface area (Å²) in [6.07, 6.45) is 1.48. The number of likely N-dealkylation sites (tertiary alicyclic amines) is 1. The summed E-state index contributed by atoms with van der Waals surface area (Å²) in [7, 11) is 0. The Hall–Kier alpha value is -3.65. The standard InChI is InChI=1S/C22H25FN6O4/c1-22(11-32-12-22)13-33-21(31)28-7-6-18(14(8-24)9-28)29-10-17(19(25)30)20(27-29)26-16-4-2-15(23)3-5-16/h2-5,10,14,18H,6-7,9,11-13H2,1H3,(H2,25,30)(H,26,27)/t14-,18+/m0/s1. The number of primary amides is 1. The van der Waals surface area contributed by atoms with E-state index in [0.717, 1.165) is 0 Å². The van der Waals surface area contributed by atoms with Gasteiger partial charge < -0.3 is 25.4 Å². The summed E-state index contributed by atoms with van der Waals surface area (Å²) in [6.45, 7) is 3.92. The van der Waals surface area contributed by atoms with Gasteiger partial charge in [-0.25, -0.2) is 9.18 Å². The number of rotatable bonds is 6. The number of nitrogens with zero attached hydrogens (tertiary/aromatic N) is 4. The summed E-state index contributed by atoms with van der Waals surface area (Å²) in [6, 6.07) is 7.46. The molecule has 10 nitrogen and oxygen atoms in total. The second kappa shape index (κ2) is 9.07. The van der Waals surface area contributed by atoms with Crippen LogP contribution in [0.4, 0.5) is 20.7 Å². The number of nitriles is 1. The second-order valence-electron chi connectivity index (χ2n) is 8.76. The monoisotopic (exact) mass is 456 g/mol. The van der Waals surface area contributed by atoms with Gasteiger partial charge in [-0.2, -0.15) is 10.4 Å². The molecule has 33 heavy (non-hydrogen) atoms. The highest BCUT2D eigenvalue weighted by molar-refractivity contribution is 5.98. The summed E-state index contributed by atoms with van der Waals surface area (Å²) >= 11 is 0. The van der Waals surface area contributed by atoms with Gasteiger partial charge >= 0.3 is 6.09 Å². The first-order valence-electron chi connectivity index (χ1n) is 10.6. The quantitative estimate of drug-likeness (QED) is 0.681. The molecule has 3 heterocycles. The van der Waals surface area contributed by atoms with E-state index in [1.165, 1.54) is 40.0 Å². The number of nitrogens with two attached hydrogens (primary N) is 1. The first kappa shape index (κ1) is 22.5. The van der Waals surface area contributed by atoms with Crippen molar-refractivity contribution < 1.29 is 23.5 Å². The largest absolute Gasteiger partial charge is 0.449 e. The Bertz CT molecular complexity index is 1080. The van der Waals surface area contributed by atoms with Crippen LogP contribution in [0.3, 0.4) is 0 Å². The normalized spacial score (nSPS) is 21.5. The van der Waals surface area contributed by atoms with Crippen LogP contribution in [0.25, 0.3) is 0 Å². The Labute approximate surface area is 190 Å². The first-order chi connectivity index (χ1) is 15.8. The van der Waals surface area contributed by atoms with Gasteiger partial charge in [-0.1, -0.05) is 6.92 Å². The summed E-state index contributed by atoms with van der Waals surface area (Å²) in [5.41, 5.74) is 6.04. The van der Waals surface area contributed by atoms with E-state index in [1.54, 1.807) is 0 Å². The van der Waals surface area contributed by atoms with Gasteiger partial charge in [0.2, 0.25) is 0 Å². The Kier molecular flexibility index (Phi) is 6.20. The van der Waals surface area contributed by atoms with E-state index in [-0.39, 0.29) is 36.0 Å². The van der Waals surface area contributed by atoms with E-state index < -0.39 is 23.7 Å². The molecular formula is C22H25FN6O4. The van der Waals surface area contributed by atoms with E-state index in [1.807, 2.05) is 6.92 Å². The van der Waals surface area contributed by atoms with Crippen molar-refractivity contribution in [3.8, 4) is 6.07 Å². The lowest BCUT2D eigenvalue weighted by Gasteiger charge is -2.39. The molecule has 0 bridgehead atoms. The molecule has 2 saturated heterocycles. The average Bonchev–Trinajstić information content (AvgIpc) is 3.21. The molecule has 0 radical (unpaired) electrons. The number of amides is 2. The zero-order valence-electron chi connectivity index (χ0n) is 18.2. The number of halogens is 1. The molecule has 2 aliphatic rings. The molecule has 3 N–H and O–H groups in total. The summed E-state index contributed by atoms with van der Waals surface area (Å²) in [5.74, 6) is -1.43. The van der Waals surface area contributed by atoms with Crippen LogP contribution in [0.2, 0.25) is 0 Å². The zero-order chi connectivity index (χ0) is 23.6. The third-order valence-electron chi connectivity index (χ3n) is 5.89. The molecule has 2 aliphatic heterocycles. The van der Waals surface area contributed by atoms with Crippen LogP contribution in [-0.2, 0) is 9.47 Å². The molecule has 1 aromatic heterocycles. The molecule has 0 aliphatic carbocycles. The molecule has 1 aromatic carbocycles. The number of piperidine rings is 1. The number of aromatic nitrogens is 2. The van der Waals surface area contributed by atoms with Crippen LogP contribution in [0.1, 0.15) is 29.7 Å². The Morgan fingerprint density at radius 1 is 1.39 bits per heavy atom. The van der Waals surface area contributed by atoms with E-state index >= 15 is 0 Å². The van der Waals surface area contributed by atoms with Crippen molar-refractivity contribution in [1.82, 2.24) is 14.7 Å². The maximum atomic E-state index is 13.2. The van der Waals surface area contributed by atoms with E-state index in [2.05, 4.69) is 16.5 Å². The Balaban J connectivity index is 1.46.